The molecule has 1 N–H and O–H groups in total. The first-order valence-electron chi connectivity index (χ1n) is 4.23. The number of amides is 1. The number of rotatable bonds is 3. The summed E-state index contributed by atoms with van der Waals surface area (Å²) in [7, 11) is 0. The molecule has 0 aliphatic rings. The molecule has 0 saturated carbocycles. The highest BCUT2D eigenvalue weighted by molar-refractivity contribution is 7.11. The van der Waals surface area contributed by atoms with Crippen LogP contribution in [-0.4, -0.2) is 17.4 Å². The van der Waals surface area contributed by atoms with Gasteiger partial charge in [-0.1, -0.05) is 0 Å². The number of carbonyl (C=O) groups is 1. The van der Waals surface area contributed by atoms with Crippen LogP contribution in [0.1, 0.15) is 22.3 Å². The van der Waals surface area contributed by atoms with Crippen molar-refractivity contribution in [2.45, 2.75) is 13.8 Å². The first kappa shape index (κ1) is 10.7. The Kier molecular flexibility index (Phi) is 3.60. The summed E-state index contributed by atoms with van der Waals surface area (Å²) in [5.74, 6) is -0.306. The van der Waals surface area contributed by atoms with Crippen molar-refractivity contribution in [1.29, 1.82) is 5.26 Å². The lowest BCUT2D eigenvalue weighted by Gasteiger charge is -2.04. The van der Waals surface area contributed by atoms with Crippen LogP contribution in [0.4, 0.5) is 0 Å². The summed E-state index contributed by atoms with van der Waals surface area (Å²) in [6.45, 7) is 3.94. The van der Waals surface area contributed by atoms with Crippen LogP contribution in [0.5, 0.6) is 0 Å². The first-order valence-corrected chi connectivity index (χ1v) is 5.11. The van der Waals surface area contributed by atoms with E-state index in [9.17, 15) is 4.79 Å². The van der Waals surface area contributed by atoms with Crippen molar-refractivity contribution in [2.75, 3.05) is 6.54 Å². The van der Waals surface area contributed by atoms with Gasteiger partial charge >= 0.3 is 0 Å². The van der Waals surface area contributed by atoms with E-state index < -0.39 is 0 Å². The third-order valence-electron chi connectivity index (χ3n) is 1.74. The van der Waals surface area contributed by atoms with Gasteiger partial charge in [-0.2, -0.15) is 5.26 Å². The minimum atomic E-state index is -0.160. The van der Waals surface area contributed by atoms with Crippen LogP contribution in [0.3, 0.4) is 0 Å². The number of carbonyl (C=O) groups excluding carboxylic acids is 1. The molecule has 0 saturated heterocycles. The van der Waals surface area contributed by atoms with E-state index in [0.717, 1.165) is 5.69 Å². The molecule has 1 amide bonds. The molecule has 0 fully saturated rings. The Bertz CT molecular complexity index is 366. The van der Waals surface area contributed by atoms with E-state index in [2.05, 4.69) is 16.4 Å². The van der Waals surface area contributed by atoms with Crippen molar-refractivity contribution >= 4 is 17.2 Å². The molecule has 1 aromatic heterocycles. The predicted molar refractivity (Wildman–Crippen MR) is 54.0 cm³/mol. The number of nitrogens with one attached hydrogen (secondary N) is 1. The minimum absolute atomic E-state index is 0.146. The third kappa shape index (κ3) is 2.54. The van der Waals surface area contributed by atoms with Gasteiger partial charge in [0.25, 0.3) is 5.91 Å². The average molecular weight is 209 g/mol. The summed E-state index contributed by atoms with van der Waals surface area (Å²) in [4.78, 5) is 16.1. The average Bonchev–Trinajstić information content (AvgIpc) is 2.60. The Morgan fingerprint density at radius 1 is 1.86 bits per heavy atom. The second-order valence-electron chi connectivity index (χ2n) is 3.01. The number of hydrogen-bond acceptors (Lipinski definition) is 4. The second kappa shape index (κ2) is 4.72. The lowest BCUT2D eigenvalue weighted by atomic mass is 10.2. The van der Waals surface area contributed by atoms with Crippen molar-refractivity contribution < 1.29 is 4.79 Å². The number of thiazole rings is 1. The summed E-state index contributed by atoms with van der Waals surface area (Å²) in [5, 5.41) is 11.2. The fraction of sp³-hybridized carbons (Fsp3) is 0.444. The first-order chi connectivity index (χ1) is 6.65. The summed E-state index contributed by atoms with van der Waals surface area (Å²) in [6.07, 6.45) is 0. The Morgan fingerprint density at radius 2 is 2.57 bits per heavy atom. The molecule has 4 nitrogen and oxygen atoms in total. The molecule has 0 radical (unpaired) electrons. The summed E-state index contributed by atoms with van der Waals surface area (Å²) in [6, 6.07) is 2.05. The molecule has 1 aromatic rings. The van der Waals surface area contributed by atoms with Crippen molar-refractivity contribution in [2.24, 2.45) is 5.92 Å². The zero-order valence-corrected chi connectivity index (χ0v) is 8.89. The van der Waals surface area contributed by atoms with Crippen LogP contribution in [0.25, 0.3) is 0 Å². The standard InChI is InChI=1S/C9H11N3OS/c1-6(3-10)4-11-9(13)8-7(2)12-5-14-8/h5-6H,4H2,1-2H3,(H,11,13). The highest BCUT2D eigenvalue weighted by Gasteiger charge is 2.11. The Balaban J connectivity index is 2.53. The highest BCUT2D eigenvalue weighted by atomic mass is 32.1. The van der Waals surface area contributed by atoms with Crippen molar-refractivity contribution in [3.63, 3.8) is 0 Å². The maximum absolute atomic E-state index is 11.5. The van der Waals surface area contributed by atoms with Gasteiger partial charge in [0, 0.05) is 6.54 Å². The number of nitrogens with zero attached hydrogens (tertiary/aromatic N) is 2. The van der Waals surface area contributed by atoms with Crippen LogP contribution in [0.15, 0.2) is 5.51 Å². The van der Waals surface area contributed by atoms with E-state index in [1.165, 1.54) is 11.3 Å². The van der Waals surface area contributed by atoms with E-state index >= 15 is 0 Å². The van der Waals surface area contributed by atoms with Crippen LogP contribution >= 0.6 is 11.3 Å². The molecular weight excluding hydrogens is 198 g/mol. The molecule has 5 heteroatoms. The van der Waals surface area contributed by atoms with E-state index in [1.54, 1.807) is 19.4 Å². The van der Waals surface area contributed by atoms with E-state index in [0.29, 0.717) is 11.4 Å². The van der Waals surface area contributed by atoms with Gasteiger partial charge in [0.05, 0.1) is 23.2 Å². The van der Waals surface area contributed by atoms with Crippen LogP contribution in [0, 0.1) is 24.2 Å². The van der Waals surface area contributed by atoms with Crippen molar-refractivity contribution in [3.8, 4) is 6.07 Å². The quantitative estimate of drug-likeness (QED) is 0.817. The Hall–Kier alpha value is -1.41. The Labute approximate surface area is 86.6 Å². The van der Waals surface area contributed by atoms with Crippen LogP contribution in [0.2, 0.25) is 0 Å². The number of hydrogen-bond donors (Lipinski definition) is 1. The van der Waals surface area contributed by atoms with Gasteiger partial charge in [-0.15, -0.1) is 11.3 Å². The molecule has 1 rings (SSSR count). The Morgan fingerprint density at radius 3 is 3.07 bits per heavy atom. The van der Waals surface area contributed by atoms with Crippen molar-refractivity contribution in [1.82, 2.24) is 10.3 Å². The number of nitriles is 1. The van der Waals surface area contributed by atoms with E-state index in [-0.39, 0.29) is 11.8 Å². The molecule has 0 aromatic carbocycles. The van der Waals surface area contributed by atoms with E-state index in [4.69, 9.17) is 5.26 Å². The molecule has 1 unspecified atom stereocenters. The fourth-order valence-corrected chi connectivity index (χ4v) is 1.61. The van der Waals surface area contributed by atoms with Gasteiger partial charge in [-0.3, -0.25) is 4.79 Å². The van der Waals surface area contributed by atoms with Crippen molar-refractivity contribution in [3.05, 3.63) is 16.1 Å². The predicted octanol–water partition coefficient (Wildman–Crippen LogP) is 1.34. The van der Waals surface area contributed by atoms with Gasteiger partial charge < -0.3 is 5.32 Å². The number of aromatic nitrogens is 1. The molecule has 14 heavy (non-hydrogen) atoms. The lowest BCUT2D eigenvalue weighted by molar-refractivity contribution is 0.0954. The van der Waals surface area contributed by atoms with Gasteiger partial charge in [0.15, 0.2) is 0 Å². The SMILES string of the molecule is Cc1ncsc1C(=O)NCC(C)C#N. The third-order valence-corrected chi connectivity index (χ3v) is 2.67. The normalized spacial score (nSPS) is 11.8. The second-order valence-corrected chi connectivity index (χ2v) is 3.86. The monoisotopic (exact) mass is 209 g/mol. The topological polar surface area (TPSA) is 65.8 Å². The molecule has 0 aliphatic carbocycles. The van der Waals surface area contributed by atoms with Crippen LogP contribution in [-0.2, 0) is 0 Å². The van der Waals surface area contributed by atoms with Gasteiger partial charge in [-0.25, -0.2) is 4.98 Å². The van der Waals surface area contributed by atoms with Gasteiger partial charge in [-0.05, 0) is 13.8 Å². The molecular formula is C9H11N3OS. The summed E-state index contributed by atoms with van der Waals surface area (Å²) >= 11 is 1.31. The maximum atomic E-state index is 11.5. The van der Waals surface area contributed by atoms with E-state index in [1.807, 2.05) is 0 Å². The molecule has 0 bridgehead atoms. The molecule has 1 atom stereocenters. The summed E-state index contributed by atoms with van der Waals surface area (Å²) in [5.41, 5.74) is 2.37. The van der Waals surface area contributed by atoms with Gasteiger partial charge in [0.1, 0.15) is 4.88 Å². The molecule has 1 heterocycles. The molecule has 0 aliphatic heterocycles. The smallest absolute Gasteiger partial charge is 0.263 e. The van der Waals surface area contributed by atoms with Gasteiger partial charge in [0.2, 0.25) is 0 Å². The lowest BCUT2D eigenvalue weighted by Crippen LogP contribution is -2.27. The number of aryl methyl sites for hydroxylation is 1. The zero-order chi connectivity index (χ0) is 10.6. The zero-order valence-electron chi connectivity index (χ0n) is 8.07. The molecule has 74 valence electrons. The fourth-order valence-electron chi connectivity index (χ4n) is 0.892. The largest absolute Gasteiger partial charge is 0.350 e. The van der Waals surface area contributed by atoms with Crippen LogP contribution < -0.4 is 5.32 Å². The summed E-state index contributed by atoms with van der Waals surface area (Å²) < 4.78 is 0. The molecule has 0 spiro atoms. The highest BCUT2D eigenvalue weighted by Crippen LogP contribution is 2.11. The maximum Gasteiger partial charge on any atom is 0.263 e. The minimum Gasteiger partial charge on any atom is -0.350 e.